The van der Waals surface area contributed by atoms with E-state index in [4.69, 9.17) is 9.40 Å². The fourth-order valence-corrected chi connectivity index (χ4v) is 7.25. The predicted octanol–water partition coefficient (Wildman–Crippen LogP) is 13.4. The highest BCUT2D eigenvalue weighted by Crippen LogP contribution is 2.40. The van der Waals surface area contributed by atoms with Gasteiger partial charge in [-0.1, -0.05) is 103 Å². The maximum Gasteiger partial charge on any atom is 0.154 e. The number of hydrogen-bond acceptors (Lipinski definition) is 3. The minimum absolute atomic E-state index is 0.214. The number of anilines is 3. The summed E-state index contributed by atoms with van der Waals surface area (Å²) in [6.07, 6.45) is 0. The minimum atomic E-state index is -0.214. The number of aromatic nitrogens is 1. The van der Waals surface area contributed by atoms with Crippen molar-refractivity contribution in [1.82, 2.24) is 4.98 Å². The number of para-hydroxylation sites is 1. The highest BCUT2D eigenvalue weighted by atomic mass is 19.1. The van der Waals surface area contributed by atoms with Gasteiger partial charge < -0.3 is 9.32 Å². The van der Waals surface area contributed by atoms with Gasteiger partial charge in [-0.15, -0.1) is 0 Å². The molecule has 10 aromatic rings. The lowest BCUT2D eigenvalue weighted by Crippen LogP contribution is -2.09. The Morgan fingerprint density at radius 3 is 1.78 bits per heavy atom. The van der Waals surface area contributed by atoms with Crippen LogP contribution in [-0.2, 0) is 0 Å². The molecule has 8 aromatic carbocycles. The van der Waals surface area contributed by atoms with E-state index >= 15 is 0 Å². The fourth-order valence-electron chi connectivity index (χ4n) is 7.25. The summed E-state index contributed by atoms with van der Waals surface area (Å²) in [6.45, 7) is 0. The SMILES string of the molecule is Fc1cccc2ccc(-c3ccc(N(c4ccc(-c5ccc6ccccc6c5)cc4)c4ccc5c(c4)oc4cc6ccccc6nc45)cc3)cc12. The van der Waals surface area contributed by atoms with Crippen molar-refractivity contribution in [3.8, 4) is 22.3 Å². The van der Waals surface area contributed by atoms with E-state index in [1.165, 1.54) is 22.4 Å². The Labute approximate surface area is 293 Å². The van der Waals surface area contributed by atoms with Crippen molar-refractivity contribution < 1.29 is 8.81 Å². The third-order valence-corrected chi connectivity index (χ3v) is 9.88. The van der Waals surface area contributed by atoms with Crippen LogP contribution in [0.2, 0.25) is 0 Å². The van der Waals surface area contributed by atoms with E-state index in [0.29, 0.717) is 5.39 Å². The van der Waals surface area contributed by atoms with Crippen LogP contribution in [0.3, 0.4) is 0 Å². The average Bonchev–Trinajstić information content (AvgIpc) is 3.54. The van der Waals surface area contributed by atoms with Crippen LogP contribution in [-0.4, -0.2) is 4.98 Å². The second-order valence-electron chi connectivity index (χ2n) is 13.0. The minimum Gasteiger partial charge on any atom is -0.454 e. The topological polar surface area (TPSA) is 29.3 Å². The molecule has 4 heteroatoms. The quantitative estimate of drug-likeness (QED) is 0.185. The van der Waals surface area contributed by atoms with Gasteiger partial charge in [0.25, 0.3) is 0 Å². The summed E-state index contributed by atoms with van der Waals surface area (Å²) in [7, 11) is 0. The van der Waals surface area contributed by atoms with Crippen molar-refractivity contribution in [2.75, 3.05) is 4.90 Å². The van der Waals surface area contributed by atoms with E-state index in [1.807, 2.05) is 42.5 Å². The fraction of sp³-hybridized carbons (Fsp3) is 0. The Hall–Kier alpha value is -6.78. The molecule has 0 saturated heterocycles. The summed E-state index contributed by atoms with van der Waals surface area (Å²) < 4.78 is 21.1. The molecule has 0 aliphatic heterocycles. The van der Waals surface area contributed by atoms with Crippen LogP contribution in [0.15, 0.2) is 180 Å². The average molecular weight is 657 g/mol. The lowest BCUT2D eigenvalue weighted by molar-refractivity contribution is 0.640. The van der Waals surface area contributed by atoms with Gasteiger partial charge in [-0.05, 0) is 105 Å². The Kier molecular flexibility index (Phi) is 6.68. The van der Waals surface area contributed by atoms with Gasteiger partial charge in [-0.25, -0.2) is 9.37 Å². The second kappa shape index (κ2) is 11.7. The first-order valence-corrected chi connectivity index (χ1v) is 17.0. The Balaban J connectivity index is 1.08. The smallest absolute Gasteiger partial charge is 0.154 e. The van der Waals surface area contributed by atoms with Crippen molar-refractivity contribution in [1.29, 1.82) is 0 Å². The zero-order chi connectivity index (χ0) is 33.9. The molecule has 240 valence electrons. The maximum atomic E-state index is 14.7. The van der Waals surface area contributed by atoms with Crippen molar-refractivity contribution in [3.05, 3.63) is 182 Å². The zero-order valence-electron chi connectivity index (χ0n) is 27.4. The van der Waals surface area contributed by atoms with E-state index in [2.05, 4.69) is 126 Å². The van der Waals surface area contributed by atoms with E-state index in [-0.39, 0.29) is 5.82 Å². The van der Waals surface area contributed by atoms with Crippen LogP contribution in [0.5, 0.6) is 0 Å². The largest absolute Gasteiger partial charge is 0.454 e. The van der Waals surface area contributed by atoms with Gasteiger partial charge in [-0.3, -0.25) is 0 Å². The molecule has 3 nitrogen and oxygen atoms in total. The second-order valence-corrected chi connectivity index (χ2v) is 13.0. The third kappa shape index (κ3) is 5.08. The highest BCUT2D eigenvalue weighted by molar-refractivity contribution is 6.07. The summed E-state index contributed by atoms with van der Waals surface area (Å²) in [4.78, 5) is 7.19. The molecule has 2 aromatic heterocycles. The maximum absolute atomic E-state index is 14.7. The molecule has 0 amide bonds. The van der Waals surface area contributed by atoms with Gasteiger partial charge >= 0.3 is 0 Å². The number of rotatable bonds is 5. The number of fused-ring (bicyclic) bond motifs is 6. The molecule has 0 bridgehead atoms. The van der Waals surface area contributed by atoms with Crippen LogP contribution >= 0.6 is 0 Å². The van der Waals surface area contributed by atoms with E-state index < -0.39 is 0 Å². The molecule has 0 N–H and O–H groups in total. The number of halogens is 1. The summed E-state index contributed by atoms with van der Waals surface area (Å²) in [5.74, 6) is -0.214. The summed E-state index contributed by atoms with van der Waals surface area (Å²) >= 11 is 0. The van der Waals surface area contributed by atoms with Gasteiger partial charge in [0, 0.05) is 39.3 Å². The predicted molar refractivity (Wildman–Crippen MR) is 210 cm³/mol. The first-order chi connectivity index (χ1) is 25.1. The Morgan fingerprint density at radius 1 is 0.412 bits per heavy atom. The Morgan fingerprint density at radius 2 is 1.02 bits per heavy atom. The first-order valence-electron chi connectivity index (χ1n) is 17.0. The molecule has 10 rings (SSSR count). The van der Waals surface area contributed by atoms with Crippen LogP contribution in [0, 0.1) is 5.82 Å². The van der Waals surface area contributed by atoms with Gasteiger partial charge in [0.1, 0.15) is 16.9 Å². The molecule has 51 heavy (non-hydrogen) atoms. The van der Waals surface area contributed by atoms with Crippen LogP contribution in [0.1, 0.15) is 0 Å². The summed E-state index contributed by atoms with van der Waals surface area (Å²) in [6, 6.07) is 59.8. The van der Waals surface area contributed by atoms with Gasteiger partial charge in [0.05, 0.1) is 5.52 Å². The zero-order valence-corrected chi connectivity index (χ0v) is 27.4. The first kappa shape index (κ1) is 29.2. The molecule has 0 saturated carbocycles. The molecule has 0 aliphatic rings. The molecule has 0 unspecified atom stereocenters. The molecule has 2 heterocycles. The van der Waals surface area contributed by atoms with Crippen molar-refractivity contribution >= 4 is 71.6 Å². The lowest BCUT2D eigenvalue weighted by Gasteiger charge is -2.26. The van der Waals surface area contributed by atoms with Gasteiger partial charge in [-0.2, -0.15) is 0 Å². The normalized spacial score (nSPS) is 11.6. The van der Waals surface area contributed by atoms with Crippen molar-refractivity contribution in [3.63, 3.8) is 0 Å². The Bertz CT molecular complexity index is 2930. The lowest BCUT2D eigenvalue weighted by atomic mass is 10.00. The monoisotopic (exact) mass is 656 g/mol. The van der Waals surface area contributed by atoms with E-state index in [1.54, 1.807) is 6.07 Å². The van der Waals surface area contributed by atoms with Crippen LogP contribution in [0.4, 0.5) is 21.5 Å². The highest BCUT2D eigenvalue weighted by Gasteiger charge is 2.17. The molecular formula is C47H29FN2O. The standard InChI is InChI=1S/C47H29FN2O/c48-43-10-5-9-33-13-15-36(27-42(33)43)32-18-22-39(23-19-32)50(38-20-16-31(17-21-38)35-14-12-30-6-1-2-7-34(30)26-35)40-24-25-41-45(29-40)51-46-28-37-8-3-4-11-44(37)49-47(41)46/h1-29H. The van der Waals surface area contributed by atoms with Gasteiger partial charge in [0.2, 0.25) is 0 Å². The molecule has 0 atom stereocenters. The number of benzene rings is 8. The van der Waals surface area contributed by atoms with Crippen molar-refractivity contribution in [2.24, 2.45) is 0 Å². The molecule has 0 aliphatic carbocycles. The summed E-state index contributed by atoms with van der Waals surface area (Å²) in [5, 5.41) is 5.98. The number of hydrogen-bond donors (Lipinski definition) is 0. The molecule has 0 radical (unpaired) electrons. The summed E-state index contributed by atoms with van der Waals surface area (Å²) in [5.41, 5.74) is 10.6. The van der Waals surface area contributed by atoms with E-state index in [0.717, 1.165) is 72.1 Å². The third-order valence-electron chi connectivity index (χ3n) is 9.88. The molecule has 0 spiro atoms. The molecular weight excluding hydrogens is 628 g/mol. The van der Waals surface area contributed by atoms with Crippen molar-refractivity contribution in [2.45, 2.75) is 0 Å². The molecule has 0 fully saturated rings. The number of furan rings is 1. The number of nitrogens with zero attached hydrogens (tertiary/aromatic N) is 2. The van der Waals surface area contributed by atoms with Crippen LogP contribution in [0.25, 0.3) is 76.8 Å². The van der Waals surface area contributed by atoms with E-state index in [9.17, 15) is 4.39 Å². The van der Waals surface area contributed by atoms with Crippen LogP contribution < -0.4 is 4.90 Å². The van der Waals surface area contributed by atoms with Gasteiger partial charge in [0.15, 0.2) is 5.58 Å². The number of pyridine rings is 1.